The molecular weight excluding hydrogens is 366 g/mol. The van der Waals surface area contributed by atoms with Crippen molar-refractivity contribution in [1.29, 1.82) is 0 Å². The van der Waals surface area contributed by atoms with E-state index in [-0.39, 0.29) is 6.54 Å². The summed E-state index contributed by atoms with van der Waals surface area (Å²) in [6.45, 7) is 2.61. The van der Waals surface area contributed by atoms with E-state index in [9.17, 15) is 9.59 Å². The number of carbonyl (C=O) groups is 2. The van der Waals surface area contributed by atoms with Crippen LogP contribution in [0.2, 0.25) is 0 Å². The smallest absolute Gasteiger partial charge is 0.331 e. The molecule has 1 amide bonds. The summed E-state index contributed by atoms with van der Waals surface area (Å²) >= 11 is 0. The Morgan fingerprint density at radius 1 is 1.29 bits per heavy atom. The standard InChI is InChI=1S/C20H21NO7/c1-13(20(23)21-12-15-4-3-7-25-15)28-18(22)6-5-14-10-16(24-2)19-17(11-14)26-8-9-27-19/h3-7,10-11,13H,8-9,12H2,1-2H3,(H,21,23)/b6-5+/t13-/m0/s1. The van der Waals surface area contributed by atoms with E-state index in [1.807, 2.05) is 0 Å². The fourth-order valence-electron chi connectivity index (χ4n) is 2.55. The Morgan fingerprint density at radius 2 is 2.11 bits per heavy atom. The molecule has 0 fully saturated rings. The quantitative estimate of drug-likeness (QED) is 0.575. The number of carbonyl (C=O) groups excluding carboxylic acids is 2. The van der Waals surface area contributed by atoms with Crippen molar-refractivity contribution in [3.8, 4) is 17.2 Å². The number of hydrogen-bond acceptors (Lipinski definition) is 7. The topological polar surface area (TPSA) is 96.2 Å². The Morgan fingerprint density at radius 3 is 2.86 bits per heavy atom. The van der Waals surface area contributed by atoms with Crippen LogP contribution >= 0.6 is 0 Å². The largest absolute Gasteiger partial charge is 0.493 e. The van der Waals surface area contributed by atoms with E-state index in [0.29, 0.717) is 41.8 Å². The highest BCUT2D eigenvalue weighted by molar-refractivity contribution is 5.90. The summed E-state index contributed by atoms with van der Waals surface area (Å²) in [7, 11) is 1.53. The zero-order chi connectivity index (χ0) is 19.9. The molecule has 1 aromatic heterocycles. The van der Waals surface area contributed by atoms with Gasteiger partial charge in [0, 0.05) is 6.08 Å². The normalized spacial score (nSPS) is 13.8. The van der Waals surface area contributed by atoms with Gasteiger partial charge in [-0.2, -0.15) is 0 Å². The van der Waals surface area contributed by atoms with E-state index in [1.165, 1.54) is 26.4 Å². The van der Waals surface area contributed by atoms with Crippen molar-refractivity contribution in [1.82, 2.24) is 5.32 Å². The van der Waals surface area contributed by atoms with Gasteiger partial charge >= 0.3 is 5.97 Å². The number of fused-ring (bicyclic) bond motifs is 1. The van der Waals surface area contributed by atoms with Gasteiger partial charge in [-0.1, -0.05) is 0 Å². The number of furan rings is 1. The van der Waals surface area contributed by atoms with Crippen LogP contribution in [-0.4, -0.2) is 38.3 Å². The second kappa shape index (κ2) is 8.98. The first-order valence-electron chi connectivity index (χ1n) is 8.73. The highest BCUT2D eigenvalue weighted by Gasteiger charge is 2.19. The van der Waals surface area contributed by atoms with Gasteiger partial charge in [-0.15, -0.1) is 0 Å². The Kier molecular flexibility index (Phi) is 6.21. The molecule has 1 aliphatic rings. The first-order valence-corrected chi connectivity index (χ1v) is 8.73. The Hall–Kier alpha value is -3.42. The lowest BCUT2D eigenvalue weighted by atomic mass is 10.1. The summed E-state index contributed by atoms with van der Waals surface area (Å²) in [4.78, 5) is 24.0. The third-order valence-corrected chi connectivity index (χ3v) is 3.94. The first-order chi connectivity index (χ1) is 13.6. The molecule has 1 N–H and O–H groups in total. The molecule has 0 aliphatic carbocycles. The molecule has 28 heavy (non-hydrogen) atoms. The van der Waals surface area contributed by atoms with E-state index < -0.39 is 18.0 Å². The van der Waals surface area contributed by atoms with Crippen molar-refractivity contribution >= 4 is 18.0 Å². The molecule has 0 radical (unpaired) electrons. The predicted octanol–water partition coefficient (Wildman–Crippen LogP) is 2.32. The molecule has 0 saturated carbocycles. The lowest BCUT2D eigenvalue weighted by Gasteiger charge is -2.20. The maximum absolute atomic E-state index is 12.0. The molecule has 148 valence electrons. The van der Waals surface area contributed by atoms with Crippen LogP contribution in [0, 0.1) is 0 Å². The van der Waals surface area contributed by atoms with Crippen molar-refractivity contribution in [2.75, 3.05) is 20.3 Å². The van der Waals surface area contributed by atoms with E-state index in [1.54, 1.807) is 30.3 Å². The fourth-order valence-corrected chi connectivity index (χ4v) is 2.55. The van der Waals surface area contributed by atoms with Crippen LogP contribution in [0.1, 0.15) is 18.2 Å². The van der Waals surface area contributed by atoms with Crippen LogP contribution in [0.4, 0.5) is 0 Å². The lowest BCUT2D eigenvalue weighted by molar-refractivity contribution is -0.150. The molecule has 0 saturated heterocycles. The van der Waals surface area contributed by atoms with Crippen LogP contribution in [0.15, 0.2) is 41.0 Å². The van der Waals surface area contributed by atoms with E-state index in [0.717, 1.165) is 0 Å². The maximum Gasteiger partial charge on any atom is 0.331 e. The average molecular weight is 387 g/mol. The SMILES string of the molecule is COc1cc(/C=C/C(=O)O[C@@H](C)C(=O)NCc2ccco2)cc2c1OCCO2. The van der Waals surface area contributed by atoms with Gasteiger partial charge in [-0.25, -0.2) is 4.79 Å². The number of rotatable bonds is 7. The number of amides is 1. The van der Waals surface area contributed by atoms with Gasteiger partial charge in [-0.05, 0) is 42.8 Å². The first kappa shape index (κ1) is 19.3. The van der Waals surface area contributed by atoms with Gasteiger partial charge in [0.05, 0.1) is 19.9 Å². The fraction of sp³-hybridized carbons (Fsp3) is 0.300. The molecular formula is C20H21NO7. The molecule has 1 aromatic carbocycles. The third-order valence-electron chi connectivity index (χ3n) is 3.94. The Labute approximate surface area is 162 Å². The van der Waals surface area contributed by atoms with Gasteiger partial charge in [-0.3, -0.25) is 4.79 Å². The number of benzene rings is 1. The molecule has 0 unspecified atom stereocenters. The summed E-state index contributed by atoms with van der Waals surface area (Å²) < 4.78 is 26.6. The zero-order valence-electron chi connectivity index (χ0n) is 15.6. The summed E-state index contributed by atoms with van der Waals surface area (Å²) in [6, 6.07) is 6.92. The number of esters is 1. The monoisotopic (exact) mass is 387 g/mol. The van der Waals surface area contributed by atoms with Crippen LogP contribution in [0.3, 0.4) is 0 Å². The number of methoxy groups -OCH3 is 1. The average Bonchev–Trinajstić information content (AvgIpc) is 3.23. The molecule has 1 aliphatic heterocycles. The zero-order valence-corrected chi connectivity index (χ0v) is 15.6. The molecule has 0 bridgehead atoms. The van der Waals surface area contributed by atoms with Gasteiger partial charge in [0.2, 0.25) is 5.75 Å². The summed E-state index contributed by atoms with van der Waals surface area (Å²) in [5.41, 5.74) is 0.674. The molecule has 8 nitrogen and oxygen atoms in total. The summed E-state index contributed by atoms with van der Waals surface area (Å²) in [5, 5.41) is 2.63. The van der Waals surface area contributed by atoms with Gasteiger partial charge < -0.3 is 28.7 Å². The number of hydrogen-bond donors (Lipinski definition) is 1. The van der Waals surface area contributed by atoms with Crippen molar-refractivity contribution in [3.05, 3.63) is 47.9 Å². The predicted molar refractivity (Wildman–Crippen MR) is 99.1 cm³/mol. The lowest BCUT2D eigenvalue weighted by Crippen LogP contribution is -2.35. The third kappa shape index (κ3) is 4.85. The molecule has 2 heterocycles. The highest BCUT2D eigenvalue weighted by Crippen LogP contribution is 2.40. The molecule has 8 heteroatoms. The summed E-state index contributed by atoms with van der Waals surface area (Å²) in [6.07, 6.45) is 3.36. The van der Waals surface area contributed by atoms with E-state index in [4.69, 9.17) is 23.4 Å². The molecule has 1 atom stereocenters. The Bertz CT molecular complexity index is 840. The highest BCUT2D eigenvalue weighted by atomic mass is 16.6. The van der Waals surface area contributed by atoms with Crippen molar-refractivity contribution in [2.24, 2.45) is 0 Å². The summed E-state index contributed by atoms with van der Waals surface area (Å²) in [5.74, 6) is 1.14. The van der Waals surface area contributed by atoms with Crippen LogP contribution < -0.4 is 19.5 Å². The number of nitrogens with one attached hydrogen (secondary N) is 1. The maximum atomic E-state index is 12.0. The van der Waals surface area contributed by atoms with Gasteiger partial charge in [0.15, 0.2) is 17.6 Å². The van der Waals surface area contributed by atoms with Gasteiger partial charge in [0.25, 0.3) is 5.91 Å². The van der Waals surface area contributed by atoms with Crippen molar-refractivity contribution in [3.63, 3.8) is 0 Å². The van der Waals surface area contributed by atoms with E-state index >= 15 is 0 Å². The number of ether oxygens (including phenoxy) is 4. The van der Waals surface area contributed by atoms with Crippen LogP contribution in [0.25, 0.3) is 6.08 Å². The van der Waals surface area contributed by atoms with Crippen LogP contribution in [0.5, 0.6) is 17.2 Å². The van der Waals surface area contributed by atoms with Crippen molar-refractivity contribution < 1.29 is 33.0 Å². The van der Waals surface area contributed by atoms with E-state index in [2.05, 4.69) is 5.32 Å². The van der Waals surface area contributed by atoms with Crippen molar-refractivity contribution in [2.45, 2.75) is 19.6 Å². The molecule has 3 rings (SSSR count). The second-order valence-corrected chi connectivity index (χ2v) is 5.96. The molecule has 2 aromatic rings. The minimum absolute atomic E-state index is 0.223. The minimum Gasteiger partial charge on any atom is -0.493 e. The minimum atomic E-state index is -0.943. The van der Waals surface area contributed by atoms with Gasteiger partial charge in [0.1, 0.15) is 19.0 Å². The van der Waals surface area contributed by atoms with Crippen LogP contribution in [-0.2, 0) is 20.9 Å². The Balaban J connectivity index is 1.56. The second-order valence-electron chi connectivity index (χ2n) is 5.96. The molecule has 0 spiro atoms.